The molecule has 1 N–H and O–H groups in total. The minimum Gasteiger partial charge on any atom is -0.372 e. The molecule has 1 aromatic heterocycles. The summed E-state index contributed by atoms with van der Waals surface area (Å²) in [7, 11) is 1.89. The van der Waals surface area contributed by atoms with Gasteiger partial charge in [-0.3, -0.25) is 0 Å². The Kier molecular flexibility index (Phi) is 5.92. The van der Waals surface area contributed by atoms with Crippen molar-refractivity contribution in [3.63, 3.8) is 0 Å². The first-order valence-corrected chi connectivity index (χ1v) is 8.17. The Labute approximate surface area is 123 Å². The summed E-state index contributed by atoms with van der Waals surface area (Å²) in [6.45, 7) is 8.70. The van der Waals surface area contributed by atoms with E-state index < -0.39 is 0 Å². The first-order chi connectivity index (χ1) is 8.40. The van der Waals surface area contributed by atoms with Crippen LogP contribution in [0.1, 0.15) is 45.6 Å². The number of anilines is 1. The summed E-state index contributed by atoms with van der Waals surface area (Å²) in [6.07, 6.45) is 1.19. The third-order valence-corrected chi connectivity index (χ3v) is 4.33. The topological polar surface area (TPSA) is 37.8 Å². The van der Waals surface area contributed by atoms with E-state index in [0.717, 1.165) is 33.3 Å². The molecule has 0 spiro atoms. The van der Waals surface area contributed by atoms with Gasteiger partial charge in [-0.2, -0.15) is 11.8 Å². The maximum atomic E-state index is 4.71. The Morgan fingerprint density at radius 1 is 1.28 bits per heavy atom. The number of hydrogen-bond acceptors (Lipinski definition) is 4. The number of aromatic nitrogens is 2. The van der Waals surface area contributed by atoms with Gasteiger partial charge in [0.15, 0.2) is 0 Å². The van der Waals surface area contributed by atoms with Crippen LogP contribution in [0.3, 0.4) is 0 Å². The van der Waals surface area contributed by atoms with Crippen LogP contribution in [0.4, 0.5) is 5.82 Å². The quantitative estimate of drug-likeness (QED) is 0.819. The van der Waals surface area contributed by atoms with Crippen molar-refractivity contribution < 1.29 is 0 Å². The molecule has 0 unspecified atom stereocenters. The molecule has 0 radical (unpaired) electrons. The van der Waals surface area contributed by atoms with E-state index in [1.54, 1.807) is 0 Å². The molecule has 0 atom stereocenters. The highest BCUT2D eigenvalue weighted by Crippen LogP contribution is 2.32. The van der Waals surface area contributed by atoms with Crippen molar-refractivity contribution in [3.05, 3.63) is 16.0 Å². The summed E-state index contributed by atoms with van der Waals surface area (Å²) in [4.78, 5) is 9.25. The number of hydrogen-bond donors (Lipinski definition) is 1. The van der Waals surface area contributed by atoms with Crippen LogP contribution in [0, 0.1) is 0 Å². The maximum absolute atomic E-state index is 4.71. The minimum atomic E-state index is 0.0115. The van der Waals surface area contributed by atoms with Crippen molar-refractivity contribution in [2.45, 2.75) is 45.3 Å². The van der Waals surface area contributed by atoms with Crippen molar-refractivity contribution in [1.82, 2.24) is 9.97 Å². The van der Waals surface area contributed by atoms with Crippen LogP contribution >= 0.6 is 27.7 Å². The Bertz CT molecular complexity index is 402. The zero-order chi connectivity index (χ0) is 13.8. The third-order valence-electron chi connectivity index (χ3n) is 2.42. The van der Waals surface area contributed by atoms with Crippen molar-refractivity contribution >= 4 is 33.5 Å². The van der Waals surface area contributed by atoms with E-state index in [2.05, 4.69) is 53.9 Å². The summed E-state index contributed by atoms with van der Waals surface area (Å²) >= 11 is 5.48. The van der Waals surface area contributed by atoms with Gasteiger partial charge in [0, 0.05) is 12.5 Å². The fourth-order valence-corrected chi connectivity index (χ4v) is 3.24. The minimum absolute atomic E-state index is 0.0115. The Morgan fingerprint density at radius 3 is 2.44 bits per heavy atom. The van der Waals surface area contributed by atoms with Crippen molar-refractivity contribution in [1.29, 1.82) is 0 Å². The lowest BCUT2D eigenvalue weighted by Gasteiger charge is -2.21. The molecule has 0 aromatic carbocycles. The van der Waals surface area contributed by atoms with E-state index in [-0.39, 0.29) is 5.41 Å². The van der Waals surface area contributed by atoms with Gasteiger partial charge in [0.25, 0.3) is 0 Å². The van der Waals surface area contributed by atoms with Crippen LogP contribution in [0.2, 0.25) is 0 Å². The smallest absolute Gasteiger partial charge is 0.144 e. The van der Waals surface area contributed by atoms with E-state index in [9.17, 15) is 0 Å². The lowest BCUT2D eigenvalue weighted by molar-refractivity contribution is 0.560. The molecule has 0 fully saturated rings. The van der Waals surface area contributed by atoms with Crippen molar-refractivity contribution in [2.75, 3.05) is 18.1 Å². The highest BCUT2D eigenvalue weighted by atomic mass is 79.9. The Balaban J connectivity index is 3.06. The molecule has 18 heavy (non-hydrogen) atoms. The van der Waals surface area contributed by atoms with Crippen molar-refractivity contribution in [2.24, 2.45) is 0 Å². The summed E-state index contributed by atoms with van der Waals surface area (Å²) < 4.78 is 0.974. The number of rotatable bonds is 5. The van der Waals surface area contributed by atoms with Gasteiger partial charge in [-0.15, -0.1) is 0 Å². The predicted octanol–water partition coefficient (Wildman–Crippen LogP) is 4.22. The lowest BCUT2D eigenvalue weighted by atomic mass is 9.92. The summed E-state index contributed by atoms with van der Waals surface area (Å²) in [6, 6.07) is 0. The molecule has 0 aliphatic rings. The van der Waals surface area contributed by atoms with Gasteiger partial charge in [0.2, 0.25) is 0 Å². The second-order valence-electron chi connectivity index (χ2n) is 5.20. The molecule has 0 aliphatic heterocycles. The fraction of sp³-hybridized carbons (Fsp3) is 0.692. The lowest BCUT2D eigenvalue weighted by Crippen LogP contribution is -2.17. The van der Waals surface area contributed by atoms with Crippen LogP contribution in [0.25, 0.3) is 0 Å². The second kappa shape index (κ2) is 6.75. The van der Waals surface area contributed by atoms with E-state index in [4.69, 9.17) is 4.98 Å². The van der Waals surface area contributed by atoms with E-state index in [1.165, 1.54) is 6.42 Å². The number of halogens is 1. The van der Waals surface area contributed by atoms with Gasteiger partial charge >= 0.3 is 0 Å². The number of nitrogens with one attached hydrogen (secondary N) is 1. The highest BCUT2D eigenvalue weighted by molar-refractivity contribution is 9.10. The Morgan fingerprint density at radius 2 is 1.94 bits per heavy atom. The van der Waals surface area contributed by atoms with Gasteiger partial charge < -0.3 is 5.32 Å². The molecular formula is C13H22BrN3S. The summed E-state index contributed by atoms with van der Waals surface area (Å²) in [5.74, 6) is 3.81. The predicted molar refractivity (Wildman–Crippen MR) is 84.4 cm³/mol. The molecule has 5 heteroatoms. The zero-order valence-corrected chi connectivity index (χ0v) is 14.2. The number of nitrogens with zero attached hydrogens (tertiary/aromatic N) is 2. The number of thioether (sulfide) groups is 1. The van der Waals surface area contributed by atoms with Crippen LogP contribution in [0.5, 0.6) is 0 Å². The normalized spacial score (nSPS) is 11.7. The highest BCUT2D eigenvalue weighted by Gasteiger charge is 2.22. The van der Waals surface area contributed by atoms with Crippen LogP contribution in [-0.2, 0) is 11.2 Å². The van der Waals surface area contributed by atoms with Crippen molar-refractivity contribution in [3.8, 4) is 0 Å². The molecule has 0 amide bonds. The largest absolute Gasteiger partial charge is 0.372 e. The zero-order valence-electron chi connectivity index (χ0n) is 11.8. The third kappa shape index (κ3) is 4.12. The van der Waals surface area contributed by atoms with Crippen LogP contribution in [0.15, 0.2) is 4.47 Å². The van der Waals surface area contributed by atoms with Gasteiger partial charge in [-0.05, 0) is 28.1 Å². The van der Waals surface area contributed by atoms with E-state index in [0.29, 0.717) is 0 Å². The Hall–Kier alpha value is -0.290. The van der Waals surface area contributed by atoms with E-state index in [1.807, 2.05) is 18.8 Å². The molecule has 1 rings (SSSR count). The van der Waals surface area contributed by atoms with Gasteiger partial charge in [-0.25, -0.2) is 9.97 Å². The molecule has 0 saturated heterocycles. The maximum Gasteiger partial charge on any atom is 0.144 e. The molecule has 0 aliphatic carbocycles. The second-order valence-corrected chi connectivity index (χ2v) is 7.10. The fourth-order valence-electron chi connectivity index (χ4n) is 1.53. The molecule has 0 saturated carbocycles. The summed E-state index contributed by atoms with van der Waals surface area (Å²) in [5, 5.41) is 3.13. The average Bonchev–Trinajstić information content (AvgIpc) is 2.29. The first-order valence-electron chi connectivity index (χ1n) is 6.22. The van der Waals surface area contributed by atoms with Crippen LogP contribution in [-0.4, -0.2) is 22.8 Å². The SMILES string of the molecule is CCCSCc1nc(NC)c(Br)c(C(C)(C)C)n1. The van der Waals surface area contributed by atoms with Gasteiger partial charge in [0.05, 0.1) is 15.9 Å². The standard InChI is InChI=1S/C13H22BrN3S/c1-6-7-18-8-9-16-11(13(2,3)4)10(14)12(15-5)17-9/h6-8H2,1-5H3,(H,15,16,17). The van der Waals surface area contributed by atoms with Gasteiger partial charge in [-0.1, -0.05) is 27.7 Å². The molecule has 1 heterocycles. The molecule has 0 bridgehead atoms. The molecule has 3 nitrogen and oxygen atoms in total. The first kappa shape index (κ1) is 15.8. The van der Waals surface area contributed by atoms with Gasteiger partial charge in [0.1, 0.15) is 11.6 Å². The average molecular weight is 332 g/mol. The monoisotopic (exact) mass is 331 g/mol. The molecule has 1 aromatic rings. The van der Waals surface area contributed by atoms with Crippen LogP contribution < -0.4 is 5.32 Å². The summed E-state index contributed by atoms with van der Waals surface area (Å²) in [5.41, 5.74) is 1.08. The molecule has 102 valence electrons. The molecular weight excluding hydrogens is 310 g/mol. The van der Waals surface area contributed by atoms with E-state index >= 15 is 0 Å².